The van der Waals surface area contributed by atoms with E-state index in [0.717, 1.165) is 4.31 Å². The Morgan fingerprint density at radius 2 is 1.49 bits per heavy atom. The summed E-state index contributed by atoms with van der Waals surface area (Å²) in [4.78, 5) is 28.3. The number of nitrogens with zero attached hydrogens (tertiary/aromatic N) is 2. The molecule has 0 saturated carbocycles. The third kappa shape index (κ3) is 7.88. The minimum absolute atomic E-state index is 0.00111. The average Bonchev–Trinajstić information content (AvgIpc) is 2.90. The average molecular weight is 611 g/mol. The first-order valence-electron chi connectivity index (χ1n) is 12.2. The molecule has 0 radical (unpaired) electrons. The molecule has 0 spiro atoms. The summed E-state index contributed by atoms with van der Waals surface area (Å²) in [5.41, 5.74) is 0.644. The third-order valence-electron chi connectivity index (χ3n) is 5.95. The lowest BCUT2D eigenvalue weighted by Crippen LogP contribution is -2.51. The summed E-state index contributed by atoms with van der Waals surface area (Å²) in [6.07, 6.45) is 0. The van der Waals surface area contributed by atoms with Gasteiger partial charge in [0.25, 0.3) is 10.0 Å². The Morgan fingerprint density at radius 3 is 2.08 bits per heavy atom. The van der Waals surface area contributed by atoms with Gasteiger partial charge in [-0.05, 0) is 55.3 Å². The van der Waals surface area contributed by atoms with Gasteiger partial charge in [-0.2, -0.15) is 0 Å². The van der Waals surface area contributed by atoms with Crippen LogP contribution in [0, 0.1) is 5.92 Å². The van der Waals surface area contributed by atoms with Crippen molar-refractivity contribution < 1.29 is 18.0 Å². The van der Waals surface area contributed by atoms with E-state index in [2.05, 4.69) is 5.32 Å². The molecule has 7 nitrogen and oxygen atoms in total. The van der Waals surface area contributed by atoms with Crippen LogP contribution in [0.3, 0.4) is 0 Å². The summed E-state index contributed by atoms with van der Waals surface area (Å²) >= 11 is 19.0. The molecule has 0 bridgehead atoms. The van der Waals surface area contributed by atoms with Gasteiger partial charge in [0.2, 0.25) is 11.8 Å². The number of nitrogens with one attached hydrogen (secondary N) is 1. The van der Waals surface area contributed by atoms with Crippen molar-refractivity contribution in [2.45, 2.75) is 38.3 Å². The van der Waals surface area contributed by atoms with Crippen LogP contribution in [0.25, 0.3) is 0 Å². The van der Waals surface area contributed by atoms with Crippen molar-refractivity contribution in [1.29, 1.82) is 0 Å². The van der Waals surface area contributed by atoms with Crippen LogP contribution < -0.4 is 9.62 Å². The van der Waals surface area contributed by atoms with Crippen molar-refractivity contribution in [3.63, 3.8) is 0 Å². The van der Waals surface area contributed by atoms with Gasteiger partial charge >= 0.3 is 0 Å². The fourth-order valence-electron chi connectivity index (χ4n) is 3.77. The van der Waals surface area contributed by atoms with E-state index in [4.69, 9.17) is 34.8 Å². The molecule has 3 aromatic carbocycles. The predicted octanol–water partition coefficient (Wildman–Crippen LogP) is 6.03. The van der Waals surface area contributed by atoms with Gasteiger partial charge in [0, 0.05) is 33.7 Å². The molecule has 0 heterocycles. The molecule has 0 saturated heterocycles. The van der Waals surface area contributed by atoms with Crippen LogP contribution in [0.1, 0.15) is 26.3 Å². The number of benzene rings is 3. The van der Waals surface area contributed by atoms with Crippen molar-refractivity contribution in [2.75, 3.05) is 17.4 Å². The Hall–Kier alpha value is -2.78. The lowest BCUT2D eigenvalue weighted by Gasteiger charge is -2.32. The fraction of sp³-hybridized carbons (Fsp3) is 0.286. The van der Waals surface area contributed by atoms with E-state index in [1.54, 1.807) is 61.5 Å². The summed E-state index contributed by atoms with van der Waals surface area (Å²) in [7, 11) is -4.18. The molecule has 0 unspecified atom stereocenters. The summed E-state index contributed by atoms with van der Waals surface area (Å²) in [5, 5.41) is 3.77. The van der Waals surface area contributed by atoms with E-state index in [0.29, 0.717) is 27.2 Å². The van der Waals surface area contributed by atoms with Gasteiger partial charge in [-0.1, -0.05) is 79.0 Å². The Labute approximate surface area is 244 Å². The SMILES string of the molecule is CC(C)CNC(=O)[C@@H](C)N(Cc1c(Cl)cccc1Cl)C(=O)CN(c1cccc(Cl)c1)S(=O)(=O)c1ccccc1. The predicted molar refractivity (Wildman–Crippen MR) is 157 cm³/mol. The number of halogens is 3. The first-order chi connectivity index (χ1) is 18.4. The summed E-state index contributed by atoms with van der Waals surface area (Å²) in [5.74, 6) is -0.823. The quantitative estimate of drug-likeness (QED) is 0.287. The molecular formula is C28H30Cl3N3O4S. The van der Waals surface area contributed by atoms with Crippen molar-refractivity contribution in [2.24, 2.45) is 5.92 Å². The van der Waals surface area contributed by atoms with E-state index in [9.17, 15) is 18.0 Å². The number of anilines is 1. The van der Waals surface area contributed by atoms with Gasteiger partial charge < -0.3 is 10.2 Å². The molecule has 0 aliphatic heterocycles. The Morgan fingerprint density at radius 1 is 0.872 bits per heavy atom. The molecule has 3 rings (SSSR count). The molecule has 1 N–H and O–H groups in total. The fourth-order valence-corrected chi connectivity index (χ4v) is 5.90. The molecule has 3 aromatic rings. The van der Waals surface area contributed by atoms with Crippen molar-refractivity contribution in [1.82, 2.24) is 10.2 Å². The maximum atomic E-state index is 13.9. The van der Waals surface area contributed by atoms with Crippen LogP contribution in [0.5, 0.6) is 0 Å². The number of carbonyl (C=O) groups is 2. The monoisotopic (exact) mass is 609 g/mol. The van der Waals surface area contributed by atoms with Crippen LogP contribution >= 0.6 is 34.8 Å². The Balaban J connectivity index is 2.04. The molecule has 11 heteroatoms. The second kappa shape index (κ2) is 13.5. The summed E-state index contributed by atoms with van der Waals surface area (Å²) in [6.45, 7) is 5.19. The van der Waals surface area contributed by atoms with E-state index >= 15 is 0 Å². The molecule has 1 atom stereocenters. The van der Waals surface area contributed by atoms with E-state index < -0.39 is 28.5 Å². The molecular weight excluding hydrogens is 581 g/mol. The van der Waals surface area contributed by atoms with E-state index in [-0.39, 0.29) is 29.0 Å². The highest BCUT2D eigenvalue weighted by molar-refractivity contribution is 7.92. The zero-order valence-electron chi connectivity index (χ0n) is 21.8. The molecule has 0 aliphatic rings. The number of sulfonamides is 1. The summed E-state index contributed by atoms with van der Waals surface area (Å²) in [6, 6.07) is 18.0. The molecule has 0 aliphatic carbocycles. The maximum Gasteiger partial charge on any atom is 0.264 e. The number of rotatable bonds is 11. The van der Waals surface area contributed by atoms with Gasteiger partial charge in [0.05, 0.1) is 10.6 Å². The van der Waals surface area contributed by atoms with Crippen LogP contribution in [-0.2, 0) is 26.2 Å². The number of amides is 2. The normalized spacial score (nSPS) is 12.2. The number of hydrogen-bond donors (Lipinski definition) is 1. The molecule has 0 aromatic heterocycles. The highest BCUT2D eigenvalue weighted by Crippen LogP contribution is 2.29. The molecule has 39 heavy (non-hydrogen) atoms. The smallest absolute Gasteiger partial charge is 0.264 e. The van der Waals surface area contributed by atoms with Crippen LogP contribution in [0.2, 0.25) is 15.1 Å². The van der Waals surface area contributed by atoms with Gasteiger partial charge in [-0.15, -0.1) is 0 Å². The topological polar surface area (TPSA) is 86.8 Å². The second-order valence-corrected chi connectivity index (χ2v) is 12.5. The minimum Gasteiger partial charge on any atom is -0.354 e. The highest BCUT2D eigenvalue weighted by Gasteiger charge is 2.33. The van der Waals surface area contributed by atoms with Gasteiger partial charge in [-0.3, -0.25) is 13.9 Å². The van der Waals surface area contributed by atoms with Gasteiger partial charge in [0.1, 0.15) is 12.6 Å². The minimum atomic E-state index is -4.18. The van der Waals surface area contributed by atoms with Gasteiger partial charge in [0.15, 0.2) is 0 Å². The van der Waals surface area contributed by atoms with E-state index in [1.807, 2.05) is 13.8 Å². The lowest BCUT2D eigenvalue weighted by molar-refractivity contribution is -0.139. The van der Waals surface area contributed by atoms with Crippen molar-refractivity contribution in [3.05, 3.63) is 93.4 Å². The van der Waals surface area contributed by atoms with Crippen molar-refractivity contribution in [3.8, 4) is 0 Å². The number of carbonyl (C=O) groups excluding carboxylic acids is 2. The van der Waals surface area contributed by atoms with Crippen LogP contribution in [0.15, 0.2) is 77.7 Å². The first kappa shape index (κ1) is 30.8. The maximum absolute atomic E-state index is 13.9. The standard InChI is InChI=1S/C28H30Cl3N3O4S/c1-19(2)16-32-28(36)20(3)33(17-24-25(30)13-8-14-26(24)31)27(35)18-34(22-10-7-9-21(29)15-22)39(37,38)23-11-5-4-6-12-23/h4-15,19-20H,16-18H2,1-3H3,(H,32,36)/t20-/m1/s1. The number of hydrogen-bond acceptors (Lipinski definition) is 4. The molecule has 0 fully saturated rings. The third-order valence-corrected chi connectivity index (χ3v) is 8.68. The molecule has 2 amide bonds. The van der Waals surface area contributed by atoms with Crippen LogP contribution in [0.4, 0.5) is 5.69 Å². The van der Waals surface area contributed by atoms with Crippen LogP contribution in [-0.4, -0.2) is 44.3 Å². The zero-order chi connectivity index (χ0) is 28.7. The zero-order valence-corrected chi connectivity index (χ0v) is 24.9. The first-order valence-corrected chi connectivity index (χ1v) is 14.8. The van der Waals surface area contributed by atoms with E-state index in [1.165, 1.54) is 23.1 Å². The van der Waals surface area contributed by atoms with Crippen molar-refractivity contribution >= 4 is 62.3 Å². The Bertz CT molecular complexity index is 1400. The van der Waals surface area contributed by atoms with Gasteiger partial charge in [-0.25, -0.2) is 8.42 Å². The second-order valence-electron chi connectivity index (χ2n) is 9.34. The summed E-state index contributed by atoms with van der Waals surface area (Å²) < 4.78 is 28.5. The lowest BCUT2D eigenvalue weighted by atomic mass is 10.1. The Kier molecular flexibility index (Phi) is 10.7. The largest absolute Gasteiger partial charge is 0.354 e. The highest BCUT2D eigenvalue weighted by atomic mass is 35.5. The molecule has 208 valence electrons.